The Morgan fingerprint density at radius 2 is 0.848 bits per heavy atom. The van der Waals surface area contributed by atoms with Crippen LogP contribution in [-0.2, 0) is 28.8 Å². The number of hydrogen-bond donors (Lipinski definition) is 0. The molecule has 2 aliphatic rings. The van der Waals surface area contributed by atoms with E-state index in [1.54, 1.807) is 48.5 Å². The summed E-state index contributed by atoms with van der Waals surface area (Å²) in [7, 11) is -7.15. The molecule has 46 heavy (non-hydrogen) atoms. The number of para-hydroxylation sites is 2. The lowest BCUT2D eigenvalue weighted by molar-refractivity contribution is 0.444. The molecule has 0 fully saturated rings. The molecule has 2 aliphatic heterocycles. The van der Waals surface area contributed by atoms with Gasteiger partial charge in [0.15, 0.2) is 0 Å². The lowest BCUT2D eigenvalue weighted by Gasteiger charge is -2.29. The van der Waals surface area contributed by atoms with Crippen molar-refractivity contribution in [3.8, 4) is 33.8 Å². The number of hydrogen-bond acceptors (Lipinski definition) is 7. The summed E-state index contributed by atoms with van der Waals surface area (Å²) >= 11 is 0. The summed E-state index contributed by atoms with van der Waals surface area (Å²) < 4.78 is 43.9. The van der Waals surface area contributed by atoms with Gasteiger partial charge in [0, 0.05) is 30.8 Å². The Morgan fingerprint density at radius 1 is 0.500 bits per heavy atom. The zero-order valence-corrected chi connectivity index (χ0v) is 26.9. The highest BCUT2D eigenvalue weighted by atomic mass is 31.2. The molecular formula is C34H31N3O7P2. The summed E-state index contributed by atoms with van der Waals surface area (Å²) in [6.07, 6.45) is 0.165. The zero-order valence-electron chi connectivity index (χ0n) is 25.1. The number of rotatable bonds is 8. The monoisotopic (exact) mass is 655 g/mol. The minimum absolute atomic E-state index is 0.0761. The highest BCUT2D eigenvalue weighted by molar-refractivity contribution is 7.68. The molecule has 3 heterocycles. The molecule has 0 N–H and O–H groups in total. The number of benzene rings is 4. The first-order valence-corrected chi connectivity index (χ1v) is 18.8. The normalized spacial score (nSPS) is 19.2. The van der Waals surface area contributed by atoms with Gasteiger partial charge in [-0.3, -0.25) is 9.13 Å². The highest BCUT2D eigenvalue weighted by Crippen LogP contribution is 2.55. The van der Waals surface area contributed by atoms with E-state index in [2.05, 4.69) is 0 Å². The van der Waals surface area contributed by atoms with Crippen LogP contribution >= 0.6 is 14.7 Å². The average Bonchev–Trinajstić information content (AvgIpc) is 3.07. The van der Waals surface area contributed by atoms with Gasteiger partial charge in [0.2, 0.25) is 0 Å². The van der Waals surface area contributed by atoms with Gasteiger partial charge in [0.1, 0.15) is 11.5 Å². The van der Waals surface area contributed by atoms with E-state index >= 15 is 0 Å². The summed E-state index contributed by atoms with van der Waals surface area (Å²) in [6, 6.07) is 29.1. The van der Waals surface area contributed by atoms with Crippen molar-refractivity contribution in [1.29, 1.82) is 0 Å². The molecule has 1 aromatic heterocycles. The molecule has 0 amide bonds. The van der Waals surface area contributed by atoms with E-state index in [1.807, 2.05) is 55.5 Å². The number of aromatic nitrogens is 3. The van der Waals surface area contributed by atoms with Crippen molar-refractivity contribution in [2.75, 3.05) is 12.3 Å². The van der Waals surface area contributed by atoms with Gasteiger partial charge in [0.05, 0.1) is 22.9 Å². The summed E-state index contributed by atoms with van der Waals surface area (Å²) in [5, 5.41) is 1.02. The summed E-state index contributed by atoms with van der Waals surface area (Å²) in [5.74, 6) is 0.925. The second kappa shape index (κ2) is 11.6. The van der Waals surface area contributed by atoms with Gasteiger partial charge in [-0.25, -0.2) is 28.1 Å². The predicted molar refractivity (Wildman–Crippen MR) is 179 cm³/mol. The van der Waals surface area contributed by atoms with Crippen LogP contribution in [0.4, 0.5) is 0 Å². The molecule has 0 saturated carbocycles. The summed E-state index contributed by atoms with van der Waals surface area (Å²) in [6.45, 7) is 1.39. The van der Waals surface area contributed by atoms with Gasteiger partial charge in [-0.05, 0) is 41.8 Å². The standard InChI is InChI=1S/C34H31N3O7P2/c1-2-19-35-32(38)36(20-22-45(41)30-17-9-5-13-26(30)24-11-3-7-15-28(24)43-45)34(40)37(33(35)39)21-23-46(42)31-18-10-6-14-27(31)25-12-4-8-16-29(25)44-46/h3-18H,2,19-23H2,1H3. The van der Waals surface area contributed by atoms with Crippen LogP contribution in [0.15, 0.2) is 111 Å². The molecule has 7 rings (SSSR count). The predicted octanol–water partition coefficient (Wildman–Crippen LogP) is 4.91. The molecule has 0 spiro atoms. The van der Waals surface area contributed by atoms with Gasteiger partial charge in [-0.2, -0.15) is 0 Å². The maximum Gasteiger partial charge on any atom is 0.336 e. The third-order valence-electron chi connectivity index (χ3n) is 8.46. The van der Waals surface area contributed by atoms with Crippen LogP contribution in [0.5, 0.6) is 11.5 Å². The smallest absolute Gasteiger partial charge is 0.336 e. The van der Waals surface area contributed by atoms with Crippen LogP contribution in [0.2, 0.25) is 0 Å². The Labute approximate surface area is 264 Å². The largest absolute Gasteiger partial charge is 0.439 e. The van der Waals surface area contributed by atoms with Gasteiger partial charge >= 0.3 is 17.1 Å². The van der Waals surface area contributed by atoms with Crippen LogP contribution in [0, 0.1) is 0 Å². The van der Waals surface area contributed by atoms with E-state index in [-0.39, 0.29) is 32.0 Å². The van der Waals surface area contributed by atoms with Crippen molar-refractivity contribution in [3.63, 3.8) is 0 Å². The van der Waals surface area contributed by atoms with Crippen molar-refractivity contribution in [2.45, 2.75) is 33.0 Å². The maximum absolute atomic E-state index is 14.4. The van der Waals surface area contributed by atoms with Crippen LogP contribution in [-0.4, -0.2) is 26.0 Å². The fourth-order valence-electron chi connectivity index (χ4n) is 6.23. The van der Waals surface area contributed by atoms with E-state index in [4.69, 9.17) is 9.05 Å². The molecule has 0 radical (unpaired) electrons. The summed E-state index contributed by atoms with van der Waals surface area (Å²) in [5.41, 5.74) is 0.724. The molecule has 234 valence electrons. The number of fused-ring (bicyclic) bond motifs is 6. The molecule has 2 unspecified atom stereocenters. The zero-order chi connectivity index (χ0) is 32.1. The van der Waals surface area contributed by atoms with Crippen molar-refractivity contribution in [2.24, 2.45) is 0 Å². The van der Waals surface area contributed by atoms with Crippen molar-refractivity contribution >= 4 is 25.3 Å². The van der Waals surface area contributed by atoms with Gasteiger partial charge in [-0.15, -0.1) is 0 Å². The van der Waals surface area contributed by atoms with Crippen molar-refractivity contribution < 1.29 is 18.2 Å². The minimum atomic E-state index is -3.57. The highest BCUT2D eigenvalue weighted by Gasteiger charge is 2.37. The second-order valence-corrected chi connectivity index (χ2v) is 16.2. The second-order valence-electron chi connectivity index (χ2n) is 11.3. The van der Waals surface area contributed by atoms with E-state index in [1.165, 1.54) is 0 Å². The molecule has 5 aromatic rings. The number of nitrogens with zero attached hydrogens (tertiary/aromatic N) is 3. The van der Waals surface area contributed by atoms with Crippen molar-refractivity contribution in [1.82, 2.24) is 13.7 Å². The topological polar surface area (TPSA) is 119 Å². The first kappa shape index (κ1) is 30.0. The summed E-state index contributed by atoms with van der Waals surface area (Å²) in [4.78, 5) is 41.0. The fraction of sp³-hybridized carbons (Fsp3) is 0.206. The van der Waals surface area contributed by atoms with Crippen LogP contribution in [0.25, 0.3) is 22.3 Å². The Morgan fingerprint density at radius 3 is 1.26 bits per heavy atom. The Balaban J connectivity index is 1.24. The van der Waals surface area contributed by atoms with Crippen molar-refractivity contribution in [3.05, 3.63) is 129 Å². The average molecular weight is 656 g/mol. The van der Waals surface area contributed by atoms with Gasteiger partial charge in [0.25, 0.3) is 14.7 Å². The molecular weight excluding hydrogens is 624 g/mol. The first-order chi connectivity index (χ1) is 22.2. The molecule has 2 atom stereocenters. The van der Waals surface area contributed by atoms with Crippen LogP contribution in [0.3, 0.4) is 0 Å². The van der Waals surface area contributed by atoms with Gasteiger partial charge < -0.3 is 9.05 Å². The maximum atomic E-state index is 14.4. The van der Waals surface area contributed by atoms with Crippen LogP contribution in [0.1, 0.15) is 13.3 Å². The molecule has 0 aliphatic carbocycles. The quantitative estimate of drug-likeness (QED) is 0.218. The lowest BCUT2D eigenvalue weighted by atomic mass is 10.0. The van der Waals surface area contributed by atoms with E-state index in [0.29, 0.717) is 28.5 Å². The third-order valence-corrected chi connectivity index (χ3v) is 13.3. The third kappa shape index (κ3) is 4.93. The lowest BCUT2D eigenvalue weighted by Crippen LogP contribution is -2.55. The Hall–Kier alpha value is -4.65. The SMILES string of the molecule is CCCn1c(=O)n(CCP2(=O)Oc3ccccc3-c3ccccc32)c(=O)n(CCP2(=O)Oc3ccccc3-c3ccccc32)c1=O. The van der Waals surface area contributed by atoms with E-state index in [9.17, 15) is 23.5 Å². The van der Waals surface area contributed by atoms with E-state index < -0.39 is 31.8 Å². The van der Waals surface area contributed by atoms with Gasteiger partial charge in [-0.1, -0.05) is 79.7 Å². The fourth-order valence-corrected chi connectivity index (χ4v) is 10.7. The van der Waals surface area contributed by atoms with E-state index in [0.717, 1.165) is 36.0 Å². The molecule has 0 bridgehead atoms. The van der Waals surface area contributed by atoms with Crippen LogP contribution < -0.4 is 36.7 Å². The molecule has 4 aromatic carbocycles. The molecule has 10 nitrogen and oxygen atoms in total. The Bertz CT molecular complexity index is 2130. The first-order valence-electron chi connectivity index (χ1n) is 15.1. The molecule has 0 saturated heterocycles. The minimum Gasteiger partial charge on any atom is -0.439 e. The molecule has 12 heteroatoms. The Kier molecular flexibility index (Phi) is 7.58.